The molecule has 1 aromatic rings. The van der Waals surface area contributed by atoms with Gasteiger partial charge in [-0.25, -0.2) is 0 Å². The molecule has 0 aromatic heterocycles. The predicted octanol–water partition coefficient (Wildman–Crippen LogP) is 2.23. The number of para-hydroxylation sites is 1. The SMILES string of the molecule is N#CCc1cccc(OC(F)(F)F)c1N. The highest BCUT2D eigenvalue weighted by molar-refractivity contribution is 5.59. The topological polar surface area (TPSA) is 59.0 Å². The molecule has 0 aliphatic rings. The second kappa shape index (κ2) is 4.09. The number of nitrogen functional groups attached to an aromatic ring is 1. The Morgan fingerprint density at radius 3 is 2.60 bits per heavy atom. The molecule has 0 unspecified atom stereocenters. The number of ether oxygens (including phenoxy) is 1. The van der Waals surface area contributed by atoms with Crippen molar-refractivity contribution in [1.29, 1.82) is 5.26 Å². The molecular formula is C9H7F3N2O. The summed E-state index contributed by atoms with van der Waals surface area (Å²) in [6.07, 6.45) is -4.83. The molecule has 0 heterocycles. The standard InChI is InChI=1S/C9H7F3N2O/c10-9(11,12)15-7-3-1-2-6(4-5-13)8(7)14/h1-3H,4,14H2. The lowest BCUT2D eigenvalue weighted by atomic mass is 10.1. The van der Waals surface area contributed by atoms with Crippen LogP contribution >= 0.6 is 0 Å². The van der Waals surface area contributed by atoms with Crippen LogP contribution in [0.25, 0.3) is 0 Å². The van der Waals surface area contributed by atoms with Crippen LogP contribution in [0.3, 0.4) is 0 Å². The first kappa shape index (κ1) is 11.2. The zero-order valence-corrected chi connectivity index (χ0v) is 7.51. The second-order valence-electron chi connectivity index (χ2n) is 2.71. The fourth-order valence-corrected chi connectivity index (χ4v) is 1.04. The molecule has 15 heavy (non-hydrogen) atoms. The van der Waals surface area contributed by atoms with Crippen molar-refractivity contribution in [1.82, 2.24) is 0 Å². The number of anilines is 1. The van der Waals surface area contributed by atoms with Crippen LogP contribution in [0.2, 0.25) is 0 Å². The highest BCUT2D eigenvalue weighted by Crippen LogP contribution is 2.30. The number of nitriles is 1. The van der Waals surface area contributed by atoms with Crippen LogP contribution in [0.4, 0.5) is 18.9 Å². The maximum Gasteiger partial charge on any atom is 0.573 e. The molecule has 0 fully saturated rings. The van der Waals surface area contributed by atoms with E-state index in [1.54, 1.807) is 6.07 Å². The lowest BCUT2D eigenvalue weighted by Crippen LogP contribution is -2.18. The van der Waals surface area contributed by atoms with E-state index in [2.05, 4.69) is 4.74 Å². The summed E-state index contributed by atoms with van der Waals surface area (Å²) in [5.74, 6) is -0.477. The molecule has 0 spiro atoms. The molecule has 0 saturated carbocycles. The molecule has 0 aliphatic heterocycles. The van der Waals surface area contributed by atoms with Crippen LogP contribution in [0.15, 0.2) is 18.2 Å². The molecule has 0 atom stereocenters. The van der Waals surface area contributed by atoms with E-state index in [0.29, 0.717) is 5.56 Å². The number of hydrogen-bond acceptors (Lipinski definition) is 3. The number of hydrogen-bond donors (Lipinski definition) is 1. The number of alkyl halides is 3. The van der Waals surface area contributed by atoms with Gasteiger partial charge in [-0.1, -0.05) is 12.1 Å². The molecule has 2 N–H and O–H groups in total. The van der Waals surface area contributed by atoms with E-state index in [1.807, 2.05) is 0 Å². The third kappa shape index (κ3) is 3.06. The molecule has 80 valence electrons. The Kier molecular flexibility index (Phi) is 3.04. The van der Waals surface area contributed by atoms with E-state index in [4.69, 9.17) is 11.0 Å². The highest BCUT2D eigenvalue weighted by Gasteiger charge is 2.32. The summed E-state index contributed by atoms with van der Waals surface area (Å²) < 4.78 is 39.4. The molecular weight excluding hydrogens is 209 g/mol. The minimum atomic E-state index is -4.78. The summed E-state index contributed by atoms with van der Waals surface area (Å²) in [4.78, 5) is 0. The van der Waals surface area contributed by atoms with Crippen LogP contribution in [0.5, 0.6) is 5.75 Å². The highest BCUT2D eigenvalue weighted by atomic mass is 19.4. The fourth-order valence-electron chi connectivity index (χ4n) is 1.04. The van der Waals surface area contributed by atoms with Crippen molar-refractivity contribution in [2.75, 3.05) is 5.73 Å². The summed E-state index contributed by atoms with van der Waals surface area (Å²) in [7, 11) is 0. The molecule has 0 bridgehead atoms. The molecule has 6 heteroatoms. The van der Waals surface area contributed by atoms with Crippen molar-refractivity contribution < 1.29 is 17.9 Å². The van der Waals surface area contributed by atoms with Crippen molar-refractivity contribution >= 4 is 5.69 Å². The zero-order valence-electron chi connectivity index (χ0n) is 7.51. The molecule has 0 amide bonds. The van der Waals surface area contributed by atoms with Gasteiger partial charge in [0.25, 0.3) is 0 Å². The van der Waals surface area contributed by atoms with Gasteiger partial charge in [0, 0.05) is 0 Å². The Morgan fingerprint density at radius 1 is 1.40 bits per heavy atom. The van der Waals surface area contributed by atoms with E-state index in [1.165, 1.54) is 12.1 Å². The Hall–Kier alpha value is -1.90. The quantitative estimate of drug-likeness (QED) is 0.771. The average Bonchev–Trinajstić information content (AvgIpc) is 2.10. The van der Waals surface area contributed by atoms with Crippen LogP contribution in [-0.4, -0.2) is 6.36 Å². The Morgan fingerprint density at radius 2 is 2.07 bits per heavy atom. The third-order valence-corrected chi connectivity index (χ3v) is 1.65. The van der Waals surface area contributed by atoms with Gasteiger partial charge in [-0.2, -0.15) is 5.26 Å². The van der Waals surface area contributed by atoms with Crippen LogP contribution in [0, 0.1) is 11.3 Å². The maximum absolute atomic E-state index is 11.9. The number of nitrogens with zero attached hydrogens (tertiary/aromatic N) is 1. The largest absolute Gasteiger partial charge is 0.573 e. The lowest BCUT2D eigenvalue weighted by molar-refractivity contribution is -0.274. The molecule has 0 radical (unpaired) electrons. The van der Waals surface area contributed by atoms with Crippen molar-refractivity contribution in [3.8, 4) is 11.8 Å². The smallest absolute Gasteiger partial charge is 0.404 e. The van der Waals surface area contributed by atoms with Gasteiger partial charge >= 0.3 is 6.36 Å². The van der Waals surface area contributed by atoms with E-state index in [0.717, 1.165) is 6.07 Å². The minimum absolute atomic E-state index is 0.0547. The molecule has 0 aliphatic carbocycles. The Balaban J connectivity index is 3.00. The van der Waals surface area contributed by atoms with Crippen LogP contribution < -0.4 is 10.5 Å². The summed E-state index contributed by atoms with van der Waals surface area (Å²) in [5.41, 5.74) is 5.56. The van der Waals surface area contributed by atoms with Gasteiger partial charge in [0.15, 0.2) is 5.75 Å². The van der Waals surface area contributed by atoms with E-state index in [9.17, 15) is 13.2 Å². The van der Waals surface area contributed by atoms with E-state index < -0.39 is 12.1 Å². The van der Waals surface area contributed by atoms with E-state index in [-0.39, 0.29) is 12.1 Å². The van der Waals surface area contributed by atoms with Crippen molar-refractivity contribution in [3.63, 3.8) is 0 Å². The van der Waals surface area contributed by atoms with Gasteiger partial charge in [0.2, 0.25) is 0 Å². The van der Waals surface area contributed by atoms with Crippen molar-refractivity contribution in [2.24, 2.45) is 0 Å². The Labute approximate surface area is 83.9 Å². The molecule has 0 saturated heterocycles. The van der Waals surface area contributed by atoms with E-state index >= 15 is 0 Å². The maximum atomic E-state index is 11.9. The summed E-state index contributed by atoms with van der Waals surface area (Å²) >= 11 is 0. The number of halogens is 3. The second-order valence-corrected chi connectivity index (χ2v) is 2.71. The molecule has 1 aromatic carbocycles. The van der Waals surface area contributed by atoms with Crippen molar-refractivity contribution in [3.05, 3.63) is 23.8 Å². The third-order valence-electron chi connectivity index (χ3n) is 1.65. The minimum Gasteiger partial charge on any atom is -0.404 e. The predicted molar refractivity (Wildman–Crippen MR) is 46.9 cm³/mol. The van der Waals surface area contributed by atoms with Gasteiger partial charge in [0.1, 0.15) is 0 Å². The molecule has 3 nitrogen and oxygen atoms in total. The van der Waals surface area contributed by atoms with Gasteiger partial charge in [0.05, 0.1) is 18.2 Å². The summed E-state index contributed by atoms with van der Waals surface area (Å²) in [6.45, 7) is 0. The summed E-state index contributed by atoms with van der Waals surface area (Å²) in [6, 6.07) is 5.72. The lowest BCUT2D eigenvalue weighted by Gasteiger charge is -2.12. The average molecular weight is 216 g/mol. The first-order valence-corrected chi connectivity index (χ1v) is 3.94. The van der Waals surface area contributed by atoms with Crippen LogP contribution in [-0.2, 0) is 6.42 Å². The van der Waals surface area contributed by atoms with Gasteiger partial charge < -0.3 is 10.5 Å². The zero-order chi connectivity index (χ0) is 11.5. The van der Waals surface area contributed by atoms with Crippen LogP contribution in [0.1, 0.15) is 5.56 Å². The van der Waals surface area contributed by atoms with Gasteiger partial charge in [-0.3, -0.25) is 0 Å². The van der Waals surface area contributed by atoms with Crippen molar-refractivity contribution in [2.45, 2.75) is 12.8 Å². The molecule has 1 rings (SSSR count). The van der Waals surface area contributed by atoms with Gasteiger partial charge in [-0.05, 0) is 11.6 Å². The number of rotatable bonds is 2. The van der Waals surface area contributed by atoms with Gasteiger partial charge in [-0.15, -0.1) is 13.2 Å². The number of nitrogens with two attached hydrogens (primary N) is 1. The monoisotopic (exact) mass is 216 g/mol. The Bertz CT molecular complexity index is 395. The first-order valence-electron chi connectivity index (χ1n) is 3.94. The normalized spacial score (nSPS) is 10.8. The fraction of sp³-hybridized carbons (Fsp3) is 0.222. The summed E-state index contributed by atoms with van der Waals surface area (Å²) in [5, 5.41) is 8.40. The first-order chi connectivity index (χ1) is 6.94. The number of benzene rings is 1.